The van der Waals surface area contributed by atoms with Crippen LogP contribution in [0.2, 0.25) is 10.0 Å². The lowest BCUT2D eigenvalue weighted by Gasteiger charge is -2.18. The third-order valence-electron chi connectivity index (χ3n) is 2.79. The van der Waals surface area contributed by atoms with Gasteiger partial charge in [-0.2, -0.15) is 5.10 Å². The van der Waals surface area contributed by atoms with E-state index in [1.165, 1.54) is 0 Å². The Bertz CT molecular complexity index is 598. The first-order chi connectivity index (χ1) is 8.91. The maximum atomic E-state index is 10.6. The number of aliphatic hydroxyl groups excluding tert-OH is 1. The first-order valence-electron chi connectivity index (χ1n) is 5.77. The molecular formula is C13H13BrCl2N2O. The molecule has 1 aromatic carbocycles. The Balaban J connectivity index is 2.52. The molecule has 1 heterocycles. The standard InChI is InChI=1S/C13H13BrCl2N2O/c1-7(2)18-12(10(14)6-17-18)13(19)9-5-8(15)3-4-11(9)16/h3-7,13,19H,1-2H3. The Morgan fingerprint density at radius 2 is 2.00 bits per heavy atom. The van der Waals surface area contributed by atoms with Gasteiger partial charge in [0.1, 0.15) is 6.10 Å². The zero-order chi connectivity index (χ0) is 14.2. The molecule has 0 aliphatic heterocycles. The van der Waals surface area contributed by atoms with Crippen molar-refractivity contribution in [1.29, 1.82) is 0 Å². The van der Waals surface area contributed by atoms with Gasteiger partial charge >= 0.3 is 0 Å². The highest BCUT2D eigenvalue weighted by Gasteiger charge is 2.23. The minimum atomic E-state index is -0.884. The molecule has 1 atom stereocenters. The second-order valence-electron chi connectivity index (χ2n) is 4.48. The molecule has 0 bridgehead atoms. The molecule has 6 heteroatoms. The summed E-state index contributed by atoms with van der Waals surface area (Å²) in [6, 6.07) is 5.16. The van der Waals surface area contributed by atoms with Gasteiger partial charge in [0.15, 0.2) is 0 Å². The second-order valence-corrected chi connectivity index (χ2v) is 6.18. The number of hydrogen-bond acceptors (Lipinski definition) is 2. The number of rotatable bonds is 3. The van der Waals surface area contributed by atoms with E-state index in [1.807, 2.05) is 13.8 Å². The highest BCUT2D eigenvalue weighted by molar-refractivity contribution is 9.10. The Morgan fingerprint density at radius 3 is 2.63 bits per heavy atom. The topological polar surface area (TPSA) is 38.0 Å². The lowest BCUT2D eigenvalue weighted by molar-refractivity contribution is 0.204. The molecule has 2 rings (SSSR count). The lowest BCUT2D eigenvalue weighted by atomic mass is 10.1. The van der Waals surface area contributed by atoms with Gasteiger partial charge in [-0.3, -0.25) is 4.68 Å². The van der Waals surface area contributed by atoms with Crippen molar-refractivity contribution in [3.05, 3.63) is 50.2 Å². The van der Waals surface area contributed by atoms with Crippen LogP contribution in [-0.4, -0.2) is 14.9 Å². The van der Waals surface area contributed by atoms with Crippen LogP contribution >= 0.6 is 39.1 Å². The quantitative estimate of drug-likeness (QED) is 0.864. The molecular weight excluding hydrogens is 351 g/mol. The van der Waals surface area contributed by atoms with E-state index in [1.54, 1.807) is 29.1 Å². The molecule has 1 N–H and O–H groups in total. The fraction of sp³-hybridized carbons (Fsp3) is 0.308. The van der Waals surface area contributed by atoms with Gasteiger partial charge in [-0.15, -0.1) is 0 Å². The summed E-state index contributed by atoms with van der Waals surface area (Å²) in [6.45, 7) is 3.99. The lowest BCUT2D eigenvalue weighted by Crippen LogP contribution is -2.13. The molecule has 0 saturated carbocycles. The Hall–Kier alpha value is -0.550. The van der Waals surface area contributed by atoms with Gasteiger partial charge < -0.3 is 5.11 Å². The second kappa shape index (κ2) is 5.83. The van der Waals surface area contributed by atoms with E-state index in [2.05, 4.69) is 21.0 Å². The highest BCUT2D eigenvalue weighted by Crippen LogP contribution is 2.34. The summed E-state index contributed by atoms with van der Waals surface area (Å²) >= 11 is 15.5. The fourth-order valence-electron chi connectivity index (χ4n) is 1.89. The van der Waals surface area contributed by atoms with Crippen molar-refractivity contribution in [3.8, 4) is 0 Å². The van der Waals surface area contributed by atoms with Crippen molar-refractivity contribution in [2.75, 3.05) is 0 Å². The normalized spacial score (nSPS) is 13.0. The molecule has 0 aliphatic carbocycles. The summed E-state index contributed by atoms with van der Waals surface area (Å²) in [4.78, 5) is 0. The Kier molecular flexibility index (Phi) is 4.56. The largest absolute Gasteiger partial charge is 0.382 e. The van der Waals surface area contributed by atoms with Crippen molar-refractivity contribution in [3.63, 3.8) is 0 Å². The summed E-state index contributed by atoms with van der Waals surface area (Å²) in [7, 11) is 0. The van der Waals surface area contributed by atoms with Gasteiger partial charge in [0.2, 0.25) is 0 Å². The van der Waals surface area contributed by atoms with Gasteiger partial charge in [-0.25, -0.2) is 0 Å². The van der Waals surface area contributed by atoms with E-state index in [9.17, 15) is 5.11 Å². The van der Waals surface area contributed by atoms with Gasteiger partial charge in [-0.05, 0) is 48.0 Å². The maximum Gasteiger partial charge on any atom is 0.123 e. The third kappa shape index (κ3) is 2.97. The number of aromatic nitrogens is 2. The predicted molar refractivity (Wildman–Crippen MR) is 80.8 cm³/mol. The average molecular weight is 364 g/mol. The van der Waals surface area contributed by atoms with Crippen LogP contribution in [-0.2, 0) is 0 Å². The van der Waals surface area contributed by atoms with E-state index < -0.39 is 6.10 Å². The first-order valence-corrected chi connectivity index (χ1v) is 7.32. The summed E-state index contributed by atoms with van der Waals surface area (Å²) < 4.78 is 2.50. The van der Waals surface area contributed by atoms with E-state index in [0.29, 0.717) is 21.3 Å². The van der Waals surface area contributed by atoms with Gasteiger partial charge in [0, 0.05) is 21.7 Å². The number of nitrogens with zero attached hydrogens (tertiary/aromatic N) is 2. The van der Waals surface area contributed by atoms with Crippen molar-refractivity contribution in [1.82, 2.24) is 9.78 Å². The summed E-state index contributed by atoms with van der Waals surface area (Å²) in [5, 5.41) is 15.8. The van der Waals surface area contributed by atoms with Gasteiger partial charge in [0.05, 0.1) is 16.4 Å². The number of halogens is 3. The number of aliphatic hydroxyl groups is 1. The van der Waals surface area contributed by atoms with Crippen molar-refractivity contribution >= 4 is 39.1 Å². The minimum absolute atomic E-state index is 0.133. The molecule has 102 valence electrons. The molecule has 3 nitrogen and oxygen atoms in total. The highest BCUT2D eigenvalue weighted by atomic mass is 79.9. The molecule has 19 heavy (non-hydrogen) atoms. The molecule has 1 unspecified atom stereocenters. The average Bonchev–Trinajstić information content (AvgIpc) is 2.73. The minimum Gasteiger partial charge on any atom is -0.382 e. The Morgan fingerprint density at radius 1 is 1.32 bits per heavy atom. The third-order valence-corrected chi connectivity index (χ3v) is 3.98. The van der Waals surface area contributed by atoms with Crippen LogP contribution in [0.1, 0.15) is 37.3 Å². The van der Waals surface area contributed by atoms with Crippen molar-refractivity contribution in [2.45, 2.75) is 26.0 Å². The van der Waals surface area contributed by atoms with Crippen molar-refractivity contribution in [2.24, 2.45) is 0 Å². The molecule has 0 aliphatic rings. The van der Waals surface area contributed by atoms with Gasteiger partial charge in [-0.1, -0.05) is 23.2 Å². The number of benzene rings is 1. The molecule has 0 fully saturated rings. The van der Waals surface area contributed by atoms with E-state index in [-0.39, 0.29) is 6.04 Å². The molecule has 1 aromatic heterocycles. The van der Waals surface area contributed by atoms with Crippen LogP contribution in [0.15, 0.2) is 28.9 Å². The van der Waals surface area contributed by atoms with Crippen LogP contribution in [0, 0.1) is 0 Å². The van der Waals surface area contributed by atoms with Crippen LogP contribution in [0.5, 0.6) is 0 Å². The summed E-state index contributed by atoms with van der Waals surface area (Å²) in [5.41, 5.74) is 1.23. The monoisotopic (exact) mass is 362 g/mol. The van der Waals surface area contributed by atoms with E-state index in [0.717, 1.165) is 4.47 Å². The first kappa shape index (κ1) is 14.9. The van der Waals surface area contributed by atoms with Crippen LogP contribution in [0.25, 0.3) is 0 Å². The fourth-order valence-corrected chi connectivity index (χ4v) is 2.78. The summed E-state index contributed by atoms with van der Waals surface area (Å²) in [6.07, 6.45) is 0.780. The van der Waals surface area contributed by atoms with E-state index in [4.69, 9.17) is 23.2 Å². The molecule has 0 saturated heterocycles. The molecule has 0 spiro atoms. The van der Waals surface area contributed by atoms with E-state index >= 15 is 0 Å². The molecule has 2 aromatic rings. The zero-order valence-electron chi connectivity index (χ0n) is 10.4. The summed E-state index contributed by atoms with van der Waals surface area (Å²) in [5.74, 6) is 0. The van der Waals surface area contributed by atoms with Crippen molar-refractivity contribution < 1.29 is 5.11 Å². The zero-order valence-corrected chi connectivity index (χ0v) is 13.5. The number of hydrogen-bond donors (Lipinski definition) is 1. The molecule has 0 radical (unpaired) electrons. The maximum absolute atomic E-state index is 10.6. The smallest absolute Gasteiger partial charge is 0.123 e. The Labute approximate surface area is 130 Å². The van der Waals surface area contributed by atoms with Crippen LogP contribution < -0.4 is 0 Å². The van der Waals surface area contributed by atoms with Crippen LogP contribution in [0.3, 0.4) is 0 Å². The van der Waals surface area contributed by atoms with Gasteiger partial charge in [0.25, 0.3) is 0 Å². The predicted octanol–water partition coefficient (Wildman–Crippen LogP) is 4.62. The van der Waals surface area contributed by atoms with Crippen LogP contribution in [0.4, 0.5) is 0 Å². The molecule has 0 amide bonds. The SMILES string of the molecule is CC(C)n1ncc(Br)c1C(O)c1cc(Cl)ccc1Cl.